The van der Waals surface area contributed by atoms with Crippen LogP contribution in [0.5, 0.6) is 0 Å². The Morgan fingerprint density at radius 2 is 1.79 bits per heavy atom. The summed E-state index contributed by atoms with van der Waals surface area (Å²) in [5, 5.41) is 0. The third-order valence-electron chi connectivity index (χ3n) is 3.79. The highest BCUT2D eigenvalue weighted by Gasteiger charge is 2.35. The summed E-state index contributed by atoms with van der Waals surface area (Å²) in [5.74, 6) is 2.07. The average Bonchev–Trinajstić information content (AvgIpc) is 2.61. The van der Waals surface area contributed by atoms with Crippen molar-refractivity contribution >= 4 is 5.91 Å². The van der Waals surface area contributed by atoms with Crippen LogP contribution in [0.3, 0.4) is 0 Å². The molecule has 0 aromatic rings. The molecule has 2 fully saturated rings. The van der Waals surface area contributed by atoms with Gasteiger partial charge >= 0.3 is 0 Å². The first kappa shape index (κ1) is 10.0. The van der Waals surface area contributed by atoms with E-state index in [4.69, 9.17) is 0 Å². The summed E-state index contributed by atoms with van der Waals surface area (Å²) in [6.07, 6.45) is 7.24. The van der Waals surface area contributed by atoms with Gasteiger partial charge in [0.1, 0.15) is 0 Å². The lowest BCUT2D eigenvalue weighted by atomic mass is 9.82. The fourth-order valence-electron chi connectivity index (χ4n) is 2.98. The molecule has 1 amide bonds. The zero-order valence-corrected chi connectivity index (χ0v) is 9.17. The third-order valence-corrected chi connectivity index (χ3v) is 3.79. The van der Waals surface area contributed by atoms with Crippen LogP contribution in [-0.2, 0) is 4.79 Å². The molecule has 2 nitrogen and oxygen atoms in total. The standard InChI is InChI=1S/C12H21NO/c1-2-5-12(14)13-8-10-6-3-4-7-11(10)9-13/h10-11H,2-9H2,1H3. The van der Waals surface area contributed by atoms with E-state index < -0.39 is 0 Å². The van der Waals surface area contributed by atoms with Crippen molar-refractivity contribution in [3.63, 3.8) is 0 Å². The van der Waals surface area contributed by atoms with E-state index in [1.165, 1.54) is 25.7 Å². The smallest absolute Gasteiger partial charge is 0.222 e. The largest absolute Gasteiger partial charge is 0.342 e. The van der Waals surface area contributed by atoms with Gasteiger partial charge in [0.15, 0.2) is 0 Å². The Morgan fingerprint density at radius 3 is 2.29 bits per heavy atom. The Hall–Kier alpha value is -0.530. The Morgan fingerprint density at radius 1 is 1.21 bits per heavy atom. The van der Waals surface area contributed by atoms with Gasteiger partial charge in [-0.1, -0.05) is 19.8 Å². The molecule has 0 aromatic carbocycles. The average molecular weight is 195 g/mol. The first-order valence-electron chi connectivity index (χ1n) is 6.09. The number of rotatable bonds is 2. The highest BCUT2D eigenvalue weighted by Crippen LogP contribution is 2.36. The molecule has 1 saturated heterocycles. The van der Waals surface area contributed by atoms with E-state index in [0.29, 0.717) is 5.91 Å². The molecule has 14 heavy (non-hydrogen) atoms. The summed E-state index contributed by atoms with van der Waals surface area (Å²) in [6, 6.07) is 0. The quantitative estimate of drug-likeness (QED) is 0.662. The van der Waals surface area contributed by atoms with Crippen LogP contribution in [0.2, 0.25) is 0 Å². The monoisotopic (exact) mass is 195 g/mol. The van der Waals surface area contributed by atoms with E-state index in [1.807, 2.05) is 0 Å². The summed E-state index contributed by atoms with van der Waals surface area (Å²) in [7, 11) is 0. The van der Waals surface area contributed by atoms with E-state index in [0.717, 1.165) is 37.8 Å². The molecule has 1 saturated carbocycles. The number of fused-ring (bicyclic) bond motifs is 1. The van der Waals surface area contributed by atoms with Crippen LogP contribution >= 0.6 is 0 Å². The predicted molar refractivity (Wildman–Crippen MR) is 56.9 cm³/mol. The molecule has 2 heteroatoms. The van der Waals surface area contributed by atoms with Gasteiger partial charge in [-0.05, 0) is 31.1 Å². The Labute approximate surface area is 86.7 Å². The number of carbonyl (C=O) groups is 1. The molecule has 1 heterocycles. The van der Waals surface area contributed by atoms with E-state index in [9.17, 15) is 4.79 Å². The van der Waals surface area contributed by atoms with Gasteiger partial charge in [-0.3, -0.25) is 4.79 Å². The predicted octanol–water partition coefficient (Wildman–Crippen LogP) is 2.44. The van der Waals surface area contributed by atoms with Gasteiger partial charge in [0.05, 0.1) is 0 Å². The van der Waals surface area contributed by atoms with Crippen molar-refractivity contribution in [1.82, 2.24) is 4.90 Å². The van der Waals surface area contributed by atoms with E-state index in [1.54, 1.807) is 0 Å². The molecule has 0 spiro atoms. The maximum Gasteiger partial charge on any atom is 0.222 e. The normalized spacial score (nSPS) is 31.6. The van der Waals surface area contributed by atoms with Crippen molar-refractivity contribution in [3.05, 3.63) is 0 Å². The number of hydrogen-bond donors (Lipinski definition) is 0. The molecule has 2 rings (SSSR count). The van der Waals surface area contributed by atoms with Crippen molar-refractivity contribution < 1.29 is 4.79 Å². The van der Waals surface area contributed by atoms with E-state index >= 15 is 0 Å². The fourth-order valence-corrected chi connectivity index (χ4v) is 2.98. The summed E-state index contributed by atoms with van der Waals surface area (Å²) >= 11 is 0. The van der Waals surface area contributed by atoms with Crippen LogP contribution in [0.25, 0.3) is 0 Å². The second-order valence-electron chi connectivity index (χ2n) is 4.85. The van der Waals surface area contributed by atoms with Crippen molar-refractivity contribution in [2.45, 2.75) is 45.4 Å². The van der Waals surface area contributed by atoms with Crippen molar-refractivity contribution in [2.75, 3.05) is 13.1 Å². The molecule has 80 valence electrons. The first-order chi connectivity index (χ1) is 6.81. The highest BCUT2D eigenvalue weighted by atomic mass is 16.2. The lowest BCUT2D eigenvalue weighted by Crippen LogP contribution is -2.28. The van der Waals surface area contributed by atoms with E-state index in [2.05, 4.69) is 11.8 Å². The molecular weight excluding hydrogens is 174 g/mol. The first-order valence-corrected chi connectivity index (χ1v) is 6.09. The van der Waals surface area contributed by atoms with E-state index in [-0.39, 0.29) is 0 Å². The molecule has 1 aliphatic carbocycles. The lowest BCUT2D eigenvalue weighted by Gasteiger charge is -2.22. The van der Waals surface area contributed by atoms with Crippen LogP contribution in [0.1, 0.15) is 45.4 Å². The number of nitrogens with zero attached hydrogens (tertiary/aromatic N) is 1. The number of amides is 1. The second-order valence-corrected chi connectivity index (χ2v) is 4.85. The number of likely N-dealkylation sites (tertiary alicyclic amines) is 1. The second kappa shape index (κ2) is 4.33. The zero-order valence-electron chi connectivity index (χ0n) is 9.17. The van der Waals surface area contributed by atoms with Gasteiger partial charge in [0, 0.05) is 19.5 Å². The minimum atomic E-state index is 0.391. The number of hydrogen-bond acceptors (Lipinski definition) is 1. The summed E-state index contributed by atoms with van der Waals surface area (Å²) in [6.45, 7) is 4.20. The third kappa shape index (κ3) is 1.94. The van der Waals surface area contributed by atoms with Crippen molar-refractivity contribution in [1.29, 1.82) is 0 Å². The van der Waals surface area contributed by atoms with Crippen molar-refractivity contribution in [2.24, 2.45) is 11.8 Å². The summed E-state index contributed by atoms with van der Waals surface area (Å²) < 4.78 is 0. The van der Waals surface area contributed by atoms with Gasteiger partial charge in [-0.15, -0.1) is 0 Å². The molecule has 0 N–H and O–H groups in total. The van der Waals surface area contributed by atoms with Crippen LogP contribution in [0, 0.1) is 11.8 Å². The lowest BCUT2D eigenvalue weighted by molar-refractivity contribution is -0.130. The number of carbonyl (C=O) groups excluding carboxylic acids is 1. The fraction of sp³-hybridized carbons (Fsp3) is 0.917. The Balaban J connectivity index is 1.89. The molecular formula is C12H21NO. The minimum Gasteiger partial charge on any atom is -0.342 e. The van der Waals surface area contributed by atoms with Crippen LogP contribution in [0.15, 0.2) is 0 Å². The minimum absolute atomic E-state index is 0.391. The van der Waals surface area contributed by atoms with Gasteiger partial charge < -0.3 is 4.90 Å². The Kier molecular flexibility index (Phi) is 3.09. The maximum atomic E-state index is 11.7. The summed E-state index contributed by atoms with van der Waals surface area (Å²) in [5.41, 5.74) is 0. The van der Waals surface area contributed by atoms with Crippen LogP contribution in [0.4, 0.5) is 0 Å². The topological polar surface area (TPSA) is 20.3 Å². The molecule has 0 bridgehead atoms. The van der Waals surface area contributed by atoms with Crippen LogP contribution in [-0.4, -0.2) is 23.9 Å². The molecule has 2 unspecified atom stereocenters. The van der Waals surface area contributed by atoms with Gasteiger partial charge in [0.2, 0.25) is 5.91 Å². The summed E-state index contributed by atoms with van der Waals surface area (Å²) in [4.78, 5) is 13.8. The zero-order chi connectivity index (χ0) is 9.97. The highest BCUT2D eigenvalue weighted by molar-refractivity contribution is 5.76. The van der Waals surface area contributed by atoms with Gasteiger partial charge in [0.25, 0.3) is 0 Å². The Bertz CT molecular complexity index is 200. The van der Waals surface area contributed by atoms with Gasteiger partial charge in [-0.2, -0.15) is 0 Å². The maximum absolute atomic E-state index is 11.7. The molecule has 0 aromatic heterocycles. The van der Waals surface area contributed by atoms with Crippen LogP contribution < -0.4 is 0 Å². The van der Waals surface area contributed by atoms with Crippen molar-refractivity contribution in [3.8, 4) is 0 Å². The molecule has 1 aliphatic heterocycles. The molecule has 2 atom stereocenters. The molecule has 2 aliphatic rings. The van der Waals surface area contributed by atoms with Gasteiger partial charge in [-0.25, -0.2) is 0 Å². The molecule has 0 radical (unpaired) electrons. The SMILES string of the molecule is CCCC(=O)N1CC2CCCCC2C1.